The van der Waals surface area contributed by atoms with Crippen LogP contribution in [0.15, 0.2) is 41.9 Å². The van der Waals surface area contributed by atoms with Crippen molar-refractivity contribution < 1.29 is 9.90 Å². The third kappa shape index (κ3) is 3.72. The van der Waals surface area contributed by atoms with Gasteiger partial charge in [0.15, 0.2) is 0 Å². The van der Waals surface area contributed by atoms with Crippen molar-refractivity contribution in [1.29, 1.82) is 0 Å². The number of nitrogens with zero attached hydrogens (tertiary/aromatic N) is 1. The molecule has 0 radical (unpaired) electrons. The van der Waals surface area contributed by atoms with Gasteiger partial charge in [-0.25, -0.2) is 0 Å². The van der Waals surface area contributed by atoms with Crippen LogP contribution in [0.3, 0.4) is 0 Å². The fourth-order valence-corrected chi connectivity index (χ4v) is 3.69. The molecule has 1 aliphatic rings. The molecule has 3 rings (SSSR count). The zero-order valence-corrected chi connectivity index (χ0v) is 13.1. The third-order valence-electron chi connectivity index (χ3n) is 4.12. The van der Waals surface area contributed by atoms with Gasteiger partial charge in [0.05, 0.1) is 12.1 Å². The lowest BCUT2D eigenvalue weighted by atomic mass is 9.76. The van der Waals surface area contributed by atoms with E-state index in [0.29, 0.717) is 18.8 Å². The number of aliphatic hydroxyl groups excluding tert-OH is 1. The summed E-state index contributed by atoms with van der Waals surface area (Å²) in [6.07, 6.45) is 4.16. The lowest BCUT2D eigenvalue weighted by Crippen LogP contribution is -2.41. The van der Waals surface area contributed by atoms with E-state index in [0.717, 1.165) is 18.5 Å². The highest BCUT2D eigenvalue weighted by molar-refractivity contribution is 7.10. The number of thiophene rings is 1. The summed E-state index contributed by atoms with van der Waals surface area (Å²) >= 11 is 1.66. The maximum atomic E-state index is 12.3. The van der Waals surface area contributed by atoms with Crippen molar-refractivity contribution in [2.24, 2.45) is 5.92 Å². The molecule has 2 aromatic heterocycles. The molecule has 0 aliphatic heterocycles. The molecule has 1 aliphatic carbocycles. The lowest BCUT2D eigenvalue weighted by molar-refractivity contribution is -0.123. The molecular weight excluding hydrogens is 296 g/mol. The fraction of sp³-hybridized carbons (Fsp3) is 0.412. The minimum absolute atomic E-state index is 0.0274. The van der Waals surface area contributed by atoms with Gasteiger partial charge in [0.1, 0.15) is 0 Å². The molecule has 22 heavy (non-hydrogen) atoms. The molecule has 1 atom stereocenters. The molecule has 0 spiro atoms. The molecule has 0 aromatic carbocycles. The van der Waals surface area contributed by atoms with E-state index < -0.39 is 0 Å². The number of aromatic nitrogens is 1. The second-order valence-corrected chi connectivity index (χ2v) is 6.75. The molecule has 1 fully saturated rings. The highest BCUT2D eigenvalue weighted by atomic mass is 32.1. The average Bonchev–Trinajstić information content (AvgIpc) is 3.03. The molecule has 0 saturated heterocycles. The van der Waals surface area contributed by atoms with Gasteiger partial charge in [0.25, 0.3) is 0 Å². The summed E-state index contributed by atoms with van der Waals surface area (Å²) in [6, 6.07) is 9.83. The summed E-state index contributed by atoms with van der Waals surface area (Å²) < 4.78 is 0. The summed E-state index contributed by atoms with van der Waals surface area (Å²) in [5.74, 6) is 0.387. The first-order valence-corrected chi connectivity index (χ1v) is 8.51. The van der Waals surface area contributed by atoms with Crippen LogP contribution in [0.1, 0.15) is 35.9 Å². The number of nitrogens with one attached hydrogen (secondary N) is 1. The number of hydrogen-bond acceptors (Lipinski definition) is 4. The quantitative estimate of drug-likeness (QED) is 0.861. The molecule has 2 N–H and O–H groups in total. The summed E-state index contributed by atoms with van der Waals surface area (Å²) in [5.41, 5.74) is 0.935. The van der Waals surface area contributed by atoms with Crippen molar-refractivity contribution in [2.45, 2.75) is 37.8 Å². The van der Waals surface area contributed by atoms with Crippen LogP contribution in [0.5, 0.6) is 0 Å². The second kappa shape index (κ2) is 7.03. The number of aryl methyl sites for hydroxylation is 1. The van der Waals surface area contributed by atoms with Crippen LogP contribution in [-0.2, 0) is 11.2 Å². The number of carbonyl (C=O) groups is 1. The Morgan fingerprint density at radius 2 is 2.23 bits per heavy atom. The van der Waals surface area contributed by atoms with E-state index in [-0.39, 0.29) is 18.1 Å². The minimum Gasteiger partial charge on any atom is -0.393 e. The molecule has 2 heterocycles. The van der Waals surface area contributed by atoms with E-state index in [1.54, 1.807) is 17.5 Å². The van der Waals surface area contributed by atoms with Crippen molar-refractivity contribution in [2.75, 3.05) is 0 Å². The predicted molar refractivity (Wildman–Crippen MR) is 86.5 cm³/mol. The Bertz CT molecular complexity index is 594. The second-order valence-electron chi connectivity index (χ2n) is 5.77. The minimum atomic E-state index is -0.210. The van der Waals surface area contributed by atoms with Crippen molar-refractivity contribution in [1.82, 2.24) is 10.3 Å². The van der Waals surface area contributed by atoms with E-state index >= 15 is 0 Å². The Morgan fingerprint density at radius 1 is 1.36 bits per heavy atom. The maximum absolute atomic E-state index is 12.3. The van der Waals surface area contributed by atoms with E-state index in [1.165, 1.54) is 4.88 Å². The molecule has 2 aromatic rings. The summed E-state index contributed by atoms with van der Waals surface area (Å²) in [4.78, 5) is 17.7. The van der Waals surface area contributed by atoms with E-state index in [1.807, 2.05) is 29.6 Å². The molecule has 0 unspecified atom stereocenters. The number of aliphatic hydroxyl groups is 1. The van der Waals surface area contributed by atoms with Crippen LogP contribution in [0.4, 0.5) is 0 Å². The third-order valence-corrected chi connectivity index (χ3v) is 5.08. The van der Waals surface area contributed by atoms with Crippen LogP contribution in [-0.4, -0.2) is 22.1 Å². The van der Waals surface area contributed by atoms with E-state index in [9.17, 15) is 9.90 Å². The highest BCUT2D eigenvalue weighted by Crippen LogP contribution is 2.39. The van der Waals surface area contributed by atoms with Gasteiger partial charge < -0.3 is 10.4 Å². The zero-order valence-electron chi connectivity index (χ0n) is 12.3. The average molecular weight is 316 g/mol. The summed E-state index contributed by atoms with van der Waals surface area (Å²) in [6.45, 7) is 0. The number of hydrogen-bond donors (Lipinski definition) is 2. The first-order valence-electron chi connectivity index (χ1n) is 7.63. The molecule has 5 heteroatoms. The topological polar surface area (TPSA) is 62.2 Å². The molecule has 116 valence electrons. The first kappa shape index (κ1) is 15.2. The van der Waals surface area contributed by atoms with Crippen LogP contribution < -0.4 is 5.32 Å². The van der Waals surface area contributed by atoms with Crippen LogP contribution in [0.25, 0.3) is 0 Å². The predicted octanol–water partition coefficient (Wildman–Crippen LogP) is 2.70. The van der Waals surface area contributed by atoms with Crippen LogP contribution in [0.2, 0.25) is 0 Å². The molecule has 1 saturated carbocycles. The van der Waals surface area contributed by atoms with Crippen molar-refractivity contribution in [3.05, 3.63) is 52.5 Å². The van der Waals surface area contributed by atoms with Crippen LogP contribution >= 0.6 is 11.3 Å². The standard InChI is InChI=1S/C17H20N2O2S/c20-14-10-12(11-14)17(15-5-3-9-22-15)19-16(21)7-6-13-4-1-2-8-18-13/h1-5,8-9,12,14,17,20H,6-7,10-11H2,(H,19,21)/t12?,14?,17-/m0/s1. The normalized spacial score (nSPS) is 21.9. The molecule has 0 bridgehead atoms. The first-order chi connectivity index (χ1) is 10.7. The van der Waals surface area contributed by atoms with E-state index in [4.69, 9.17) is 0 Å². The van der Waals surface area contributed by atoms with Gasteiger partial charge in [-0.2, -0.15) is 0 Å². The smallest absolute Gasteiger partial charge is 0.220 e. The Hall–Kier alpha value is -1.72. The number of amides is 1. The lowest BCUT2D eigenvalue weighted by Gasteiger charge is -2.37. The Kier molecular flexibility index (Phi) is 4.85. The van der Waals surface area contributed by atoms with E-state index in [2.05, 4.69) is 16.4 Å². The Labute approximate surface area is 134 Å². The molecular formula is C17H20N2O2S. The molecule has 4 nitrogen and oxygen atoms in total. The summed E-state index contributed by atoms with van der Waals surface area (Å²) in [7, 11) is 0. The van der Waals surface area contributed by atoms with Gasteiger partial charge in [-0.05, 0) is 48.8 Å². The number of carbonyl (C=O) groups excluding carboxylic acids is 1. The van der Waals surface area contributed by atoms with Gasteiger partial charge in [-0.3, -0.25) is 9.78 Å². The fourth-order valence-electron chi connectivity index (χ4n) is 2.82. The number of rotatable bonds is 6. The summed E-state index contributed by atoms with van der Waals surface area (Å²) in [5, 5.41) is 14.7. The van der Waals surface area contributed by atoms with Crippen molar-refractivity contribution in [3.63, 3.8) is 0 Å². The van der Waals surface area contributed by atoms with Gasteiger partial charge in [-0.15, -0.1) is 11.3 Å². The van der Waals surface area contributed by atoms with Gasteiger partial charge in [-0.1, -0.05) is 12.1 Å². The van der Waals surface area contributed by atoms with Gasteiger partial charge >= 0.3 is 0 Å². The monoisotopic (exact) mass is 316 g/mol. The largest absolute Gasteiger partial charge is 0.393 e. The van der Waals surface area contributed by atoms with Gasteiger partial charge in [0, 0.05) is 23.2 Å². The van der Waals surface area contributed by atoms with Crippen LogP contribution in [0, 0.1) is 5.92 Å². The highest BCUT2D eigenvalue weighted by Gasteiger charge is 2.35. The van der Waals surface area contributed by atoms with Crippen molar-refractivity contribution >= 4 is 17.2 Å². The zero-order chi connectivity index (χ0) is 15.4. The maximum Gasteiger partial charge on any atom is 0.220 e. The number of pyridine rings is 1. The Balaban J connectivity index is 1.57. The molecule has 1 amide bonds. The Morgan fingerprint density at radius 3 is 2.86 bits per heavy atom. The SMILES string of the molecule is O=C(CCc1ccccn1)N[C@H](c1cccs1)C1CC(O)C1. The van der Waals surface area contributed by atoms with Crippen molar-refractivity contribution in [3.8, 4) is 0 Å². The van der Waals surface area contributed by atoms with Gasteiger partial charge in [0.2, 0.25) is 5.91 Å².